The van der Waals surface area contributed by atoms with Gasteiger partial charge >= 0.3 is 0 Å². The first-order chi connectivity index (χ1) is 8.62. The predicted molar refractivity (Wildman–Crippen MR) is 72.2 cm³/mol. The van der Waals surface area contributed by atoms with Crippen LogP contribution in [0.5, 0.6) is 0 Å². The molecule has 0 bridgehead atoms. The second-order valence-electron chi connectivity index (χ2n) is 4.11. The van der Waals surface area contributed by atoms with Crippen LogP contribution >= 0.6 is 0 Å². The van der Waals surface area contributed by atoms with Crippen molar-refractivity contribution in [2.24, 2.45) is 0 Å². The summed E-state index contributed by atoms with van der Waals surface area (Å²) in [5, 5.41) is 14.1. The number of terminal acetylenes is 1. The minimum Gasteiger partial charge on any atom is -0.297 e. The van der Waals surface area contributed by atoms with Crippen molar-refractivity contribution < 1.29 is 4.92 Å². The second kappa shape index (κ2) is 6.77. The molecule has 0 saturated carbocycles. The first kappa shape index (κ1) is 14.2. The van der Waals surface area contributed by atoms with Crippen LogP contribution in [0.3, 0.4) is 0 Å². The van der Waals surface area contributed by atoms with Gasteiger partial charge in [0.05, 0.1) is 11.0 Å². The molecule has 1 N–H and O–H groups in total. The van der Waals surface area contributed by atoms with E-state index in [9.17, 15) is 10.1 Å². The predicted octanol–water partition coefficient (Wildman–Crippen LogP) is 3.05. The van der Waals surface area contributed by atoms with Gasteiger partial charge in [0.15, 0.2) is 0 Å². The van der Waals surface area contributed by atoms with Crippen molar-refractivity contribution in [3.8, 4) is 12.3 Å². The Bertz CT molecular complexity index is 451. The van der Waals surface area contributed by atoms with Crippen molar-refractivity contribution in [3.05, 3.63) is 39.9 Å². The summed E-state index contributed by atoms with van der Waals surface area (Å²) in [5.41, 5.74) is 1.02. The maximum absolute atomic E-state index is 10.8. The number of nitro benzene ring substituents is 1. The summed E-state index contributed by atoms with van der Waals surface area (Å²) in [6.45, 7) is 4.04. The van der Waals surface area contributed by atoms with Gasteiger partial charge in [-0.3, -0.25) is 15.4 Å². The van der Waals surface area contributed by atoms with Gasteiger partial charge in [-0.1, -0.05) is 31.9 Å². The van der Waals surface area contributed by atoms with Crippen molar-refractivity contribution >= 4 is 5.69 Å². The Morgan fingerprint density at radius 2 is 2.17 bits per heavy atom. The van der Waals surface area contributed by atoms with Crippen molar-refractivity contribution in [1.82, 2.24) is 5.32 Å². The molecule has 2 unspecified atom stereocenters. The molecule has 0 amide bonds. The summed E-state index contributed by atoms with van der Waals surface area (Å²) in [7, 11) is 0. The molecule has 1 rings (SSSR count). The van der Waals surface area contributed by atoms with E-state index in [-0.39, 0.29) is 22.7 Å². The van der Waals surface area contributed by atoms with Crippen molar-refractivity contribution in [2.75, 3.05) is 0 Å². The van der Waals surface area contributed by atoms with E-state index in [1.807, 2.05) is 19.9 Å². The lowest BCUT2D eigenvalue weighted by molar-refractivity contribution is -0.384. The molecule has 4 heteroatoms. The molecule has 0 aromatic heterocycles. The van der Waals surface area contributed by atoms with Gasteiger partial charge in [0.1, 0.15) is 0 Å². The number of benzene rings is 1. The molecule has 0 aliphatic rings. The van der Waals surface area contributed by atoms with E-state index in [0.29, 0.717) is 0 Å². The van der Waals surface area contributed by atoms with Crippen LogP contribution in [0.1, 0.15) is 38.3 Å². The van der Waals surface area contributed by atoms with E-state index in [1.165, 1.54) is 6.07 Å². The zero-order valence-corrected chi connectivity index (χ0v) is 10.7. The third kappa shape index (κ3) is 3.57. The molecular formula is C14H18N2O2. The maximum Gasteiger partial charge on any atom is 0.269 e. The van der Waals surface area contributed by atoms with Crippen LogP contribution in [-0.4, -0.2) is 11.0 Å². The highest BCUT2D eigenvalue weighted by molar-refractivity contribution is 5.36. The number of hydrogen-bond acceptors (Lipinski definition) is 3. The number of non-ortho nitro benzene ring substituents is 1. The van der Waals surface area contributed by atoms with Crippen LogP contribution in [-0.2, 0) is 0 Å². The normalized spacial score (nSPS) is 13.6. The SMILES string of the molecule is C#CC(CC)NC(CC)c1cccc([N+](=O)[O-])c1. The summed E-state index contributed by atoms with van der Waals surface area (Å²) in [6, 6.07) is 6.73. The lowest BCUT2D eigenvalue weighted by atomic mass is 10.0. The van der Waals surface area contributed by atoms with Gasteiger partial charge in [0, 0.05) is 18.2 Å². The molecule has 18 heavy (non-hydrogen) atoms. The van der Waals surface area contributed by atoms with Crippen LogP contribution in [0.25, 0.3) is 0 Å². The van der Waals surface area contributed by atoms with Crippen molar-refractivity contribution in [3.63, 3.8) is 0 Å². The number of nitro groups is 1. The third-order valence-corrected chi connectivity index (χ3v) is 2.90. The summed E-state index contributed by atoms with van der Waals surface area (Å²) in [4.78, 5) is 10.4. The topological polar surface area (TPSA) is 55.2 Å². The van der Waals surface area contributed by atoms with Crippen LogP contribution in [0.15, 0.2) is 24.3 Å². The highest BCUT2D eigenvalue weighted by Gasteiger charge is 2.15. The Balaban J connectivity index is 2.91. The average Bonchev–Trinajstić information content (AvgIpc) is 2.40. The van der Waals surface area contributed by atoms with E-state index in [0.717, 1.165) is 18.4 Å². The first-order valence-electron chi connectivity index (χ1n) is 6.08. The van der Waals surface area contributed by atoms with E-state index in [1.54, 1.807) is 12.1 Å². The molecule has 0 saturated heterocycles. The number of nitrogens with zero attached hydrogens (tertiary/aromatic N) is 1. The molecule has 0 radical (unpaired) electrons. The minimum atomic E-state index is -0.380. The molecule has 0 fully saturated rings. The second-order valence-corrected chi connectivity index (χ2v) is 4.11. The van der Waals surface area contributed by atoms with Gasteiger partial charge in [-0.05, 0) is 18.4 Å². The molecule has 0 aliphatic carbocycles. The molecule has 0 heterocycles. The molecule has 96 valence electrons. The first-order valence-corrected chi connectivity index (χ1v) is 6.08. The van der Waals surface area contributed by atoms with Gasteiger partial charge < -0.3 is 0 Å². The Hall–Kier alpha value is -1.86. The van der Waals surface area contributed by atoms with Gasteiger partial charge in [0.25, 0.3) is 5.69 Å². The third-order valence-electron chi connectivity index (χ3n) is 2.90. The molecule has 1 aromatic rings. The zero-order chi connectivity index (χ0) is 13.5. The summed E-state index contributed by atoms with van der Waals surface area (Å²) < 4.78 is 0. The van der Waals surface area contributed by atoms with Crippen LogP contribution in [0.2, 0.25) is 0 Å². The van der Waals surface area contributed by atoms with Crippen molar-refractivity contribution in [1.29, 1.82) is 0 Å². The average molecular weight is 246 g/mol. The number of nitrogens with one attached hydrogen (secondary N) is 1. The molecule has 0 aliphatic heterocycles. The van der Waals surface area contributed by atoms with Crippen molar-refractivity contribution in [2.45, 2.75) is 38.8 Å². The number of rotatable bonds is 6. The highest BCUT2D eigenvalue weighted by atomic mass is 16.6. The van der Waals surface area contributed by atoms with E-state index >= 15 is 0 Å². The monoisotopic (exact) mass is 246 g/mol. The molecule has 0 spiro atoms. The van der Waals surface area contributed by atoms with Gasteiger partial charge in [-0.15, -0.1) is 6.42 Å². The van der Waals surface area contributed by atoms with E-state index < -0.39 is 0 Å². The van der Waals surface area contributed by atoms with Gasteiger partial charge in [-0.2, -0.15) is 0 Å². The van der Waals surface area contributed by atoms with Crippen LogP contribution in [0.4, 0.5) is 5.69 Å². The summed E-state index contributed by atoms with van der Waals surface area (Å²) in [5.74, 6) is 2.68. The Morgan fingerprint density at radius 1 is 1.44 bits per heavy atom. The highest BCUT2D eigenvalue weighted by Crippen LogP contribution is 2.22. The smallest absolute Gasteiger partial charge is 0.269 e. The summed E-state index contributed by atoms with van der Waals surface area (Å²) in [6.07, 6.45) is 7.09. The summed E-state index contributed by atoms with van der Waals surface area (Å²) >= 11 is 0. The fourth-order valence-corrected chi connectivity index (χ4v) is 1.83. The Labute approximate surface area is 108 Å². The van der Waals surface area contributed by atoms with Gasteiger partial charge in [-0.25, -0.2) is 0 Å². The Morgan fingerprint density at radius 3 is 2.67 bits per heavy atom. The largest absolute Gasteiger partial charge is 0.297 e. The Kier molecular flexibility index (Phi) is 5.34. The fraction of sp³-hybridized carbons (Fsp3) is 0.429. The molecular weight excluding hydrogens is 228 g/mol. The van der Waals surface area contributed by atoms with E-state index in [2.05, 4.69) is 11.2 Å². The quantitative estimate of drug-likeness (QED) is 0.477. The lowest BCUT2D eigenvalue weighted by Gasteiger charge is -2.21. The molecule has 2 atom stereocenters. The van der Waals surface area contributed by atoms with Crippen LogP contribution < -0.4 is 5.32 Å². The minimum absolute atomic E-state index is 0.00536. The fourth-order valence-electron chi connectivity index (χ4n) is 1.83. The van der Waals surface area contributed by atoms with E-state index in [4.69, 9.17) is 6.42 Å². The maximum atomic E-state index is 10.8. The number of hydrogen-bond donors (Lipinski definition) is 1. The lowest BCUT2D eigenvalue weighted by Crippen LogP contribution is -2.30. The molecule has 4 nitrogen and oxygen atoms in total. The molecule has 1 aromatic carbocycles. The standard InChI is InChI=1S/C14H18N2O2/c1-4-12(5-2)15-14(6-3)11-8-7-9-13(10-11)16(17)18/h1,7-10,12,14-15H,5-6H2,2-3H3. The van der Waals surface area contributed by atoms with Gasteiger partial charge in [0.2, 0.25) is 0 Å². The zero-order valence-electron chi connectivity index (χ0n) is 10.7. The van der Waals surface area contributed by atoms with Crippen LogP contribution in [0, 0.1) is 22.5 Å².